The van der Waals surface area contributed by atoms with Gasteiger partial charge in [-0.2, -0.15) is 0 Å². The predicted octanol–water partition coefficient (Wildman–Crippen LogP) is 5.46. The Kier molecular flexibility index (Phi) is 4.58. The van der Waals surface area contributed by atoms with E-state index in [0.29, 0.717) is 24.4 Å². The highest BCUT2D eigenvalue weighted by Gasteiger charge is 2.36. The first-order chi connectivity index (χ1) is 14.8. The van der Waals surface area contributed by atoms with Gasteiger partial charge in [-0.15, -0.1) is 21.5 Å². The van der Waals surface area contributed by atoms with Crippen LogP contribution in [0.15, 0.2) is 45.9 Å². The van der Waals surface area contributed by atoms with E-state index in [-0.39, 0.29) is 0 Å². The molecule has 1 aromatic carbocycles. The minimum atomic E-state index is 0.394. The van der Waals surface area contributed by atoms with Gasteiger partial charge in [0.25, 0.3) is 0 Å². The molecular weight excluding hydrogens is 414 g/mol. The van der Waals surface area contributed by atoms with Gasteiger partial charge < -0.3 is 9.30 Å². The third-order valence-electron chi connectivity index (χ3n) is 5.54. The molecule has 6 rings (SSSR count). The van der Waals surface area contributed by atoms with Crippen LogP contribution in [0.2, 0.25) is 0 Å². The van der Waals surface area contributed by atoms with E-state index in [9.17, 15) is 0 Å². The van der Waals surface area contributed by atoms with Crippen molar-refractivity contribution in [1.82, 2.24) is 24.7 Å². The van der Waals surface area contributed by atoms with Gasteiger partial charge in [-0.25, -0.2) is 9.97 Å². The van der Waals surface area contributed by atoms with Crippen molar-refractivity contribution in [2.24, 2.45) is 0 Å². The highest BCUT2D eigenvalue weighted by Crippen LogP contribution is 2.48. The largest absolute Gasteiger partial charge is 0.377 e. The van der Waals surface area contributed by atoms with Crippen molar-refractivity contribution in [1.29, 1.82) is 0 Å². The molecule has 2 aliphatic rings. The Hall–Kier alpha value is -2.29. The van der Waals surface area contributed by atoms with Crippen LogP contribution in [0.5, 0.6) is 0 Å². The number of hydrogen-bond donors (Lipinski definition) is 0. The lowest BCUT2D eigenvalue weighted by Gasteiger charge is -2.10. The average Bonchev–Trinajstić information content (AvgIpc) is 3.70. The third kappa shape index (κ3) is 3.33. The molecular formula is C22H21N5OS2. The molecule has 0 N–H and O–H groups in total. The van der Waals surface area contributed by atoms with Gasteiger partial charge in [-0.05, 0) is 43.0 Å². The molecule has 2 saturated carbocycles. The van der Waals surface area contributed by atoms with Crippen molar-refractivity contribution in [2.75, 3.05) is 7.11 Å². The molecule has 4 aromatic rings. The lowest BCUT2D eigenvalue weighted by Crippen LogP contribution is -2.03. The van der Waals surface area contributed by atoms with Crippen molar-refractivity contribution in [3.8, 4) is 11.1 Å². The third-order valence-corrected chi connectivity index (χ3v) is 7.36. The van der Waals surface area contributed by atoms with Crippen LogP contribution in [0, 0.1) is 0 Å². The summed E-state index contributed by atoms with van der Waals surface area (Å²) in [5.41, 5.74) is 2.35. The maximum atomic E-state index is 5.33. The molecule has 2 fully saturated rings. The number of rotatable bonds is 7. The van der Waals surface area contributed by atoms with Crippen LogP contribution in [-0.2, 0) is 11.3 Å². The molecule has 0 aliphatic heterocycles. The Morgan fingerprint density at radius 3 is 2.67 bits per heavy atom. The zero-order valence-corrected chi connectivity index (χ0v) is 18.2. The van der Waals surface area contributed by atoms with Gasteiger partial charge in [0.2, 0.25) is 0 Å². The van der Waals surface area contributed by atoms with Gasteiger partial charge >= 0.3 is 0 Å². The van der Waals surface area contributed by atoms with Gasteiger partial charge in [-0.3, -0.25) is 0 Å². The quantitative estimate of drug-likeness (QED) is 0.359. The van der Waals surface area contributed by atoms with Crippen LogP contribution in [-0.4, -0.2) is 31.8 Å². The number of aromatic nitrogens is 5. The summed E-state index contributed by atoms with van der Waals surface area (Å²) in [7, 11) is 1.68. The van der Waals surface area contributed by atoms with Crippen molar-refractivity contribution in [3.63, 3.8) is 0 Å². The molecule has 8 heteroatoms. The number of hydrogen-bond acceptors (Lipinski definition) is 7. The van der Waals surface area contributed by atoms with Gasteiger partial charge in [0.15, 0.2) is 11.0 Å². The summed E-state index contributed by atoms with van der Waals surface area (Å²) in [6.07, 6.45) is 4.89. The maximum absolute atomic E-state index is 5.33. The first kappa shape index (κ1) is 18.5. The Bertz CT molecular complexity index is 1210. The summed E-state index contributed by atoms with van der Waals surface area (Å²) in [4.78, 5) is 10.6. The lowest BCUT2D eigenvalue weighted by molar-refractivity contribution is 0.177. The van der Waals surface area contributed by atoms with E-state index in [4.69, 9.17) is 14.7 Å². The lowest BCUT2D eigenvalue weighted by atomic mass is 10.1. The monoisotopic (exact) mass is 435 g/mol. The zero-order chi connectivity index (χ0) is 20.1. The molecule has 30 heavy (non-hydrogen) atoms. The van der Waals surface area contributed by atoms with E-state index in [1.807, 2.05) is 6.07 Å². The highest BCUT2D eigenvalue weighted by atomic mass is 32.2. The Balaban J connectivity index is 1.49. The summed E-state index contributed by atoms with van der Waals surface area (Å²) < 4.78 is 7.70. The molecule has 0 radical (unpaired) electrons. The smallest absolute Gasteiger partial charge is 0.197 e. The summed E-state index contributed by atoms with van der Waals surface area (Å²) >= 11 is 3.27. The first-order valence-electron chi connectivity index (χ1n) is 10.3. The molecule has 0 spiro atoms. The molecule has 0 saturated heterocycles. The van der Waals surface area contributed by atoms with E-state index in [1.165, 1.54) is 36.8 Å². The van der Waals surface area contributed by atoms with E-state index in [1.54, 1.807) is 30.2 Å². The standard InChI is InChI=1S/C22H21N5OS2/c1-28-11-17-23-20-18(16(12-29-20)13-5-3-2-4-6-13)21(24-17)30-22-26-25-19(14-7-8-14)27(22)15-9-10-15/h2-6,12,14-15H,7-11H2,1H3. The number of thiophene rings is 1. The number of ether oxygens (including phenoxy) is 1. The second-order valence-electron chi connectivity index (χ2n) is 7.89. The molecule has 6 nitrogen and oxygen atoms in total. The van der Waals surface area contributed by atoms with Crippen LogP contribution in [0.3, 0.4) is 0 Å². The summed E-state index contributed by atoms with van der Waals surface area (Å²) in [5, 5.41) is 14.3. The summed E-state index contributed by atoms with van der Waals surface area (Å²) in [5.74, 6) is 2.45. The first-order valence-corrected chi connectivity index (χ1v) is 12.0. The normalized spacial score (nSPS) is 16.4. The SMILES string of the molecule is COCc1nc(Sc2nnc(C3CC3)n2C2CC2)c2c(-c3ccccc3)csc2n1. The van der Waals surface area contributed by atoms with Crippen LogP contribution in [0.1, 0.15) is 49.3 Å². The predicted molar refractivity (Wildman–Crippen MR) is 118 cm³/mol. The van der Waals surface area contributed by atoms with Crippen LogP contribution >= 0.6 is 23.1 Å². The van der Waals surface area contributed by atoms with E-state index in [2.05, 4.69) is 44.4 Å². The van der Waals surface area contributed by atoms with Gasteiger partial charge in [0, 0.05) is 30.0 Å². The van der Waals surface area contributed by atoms with E-state index in [0.717, 1.165) is 26.2 Å². The second kappa shape index (κ2) is 7.44. The highest BCUT2D eigenvalue weighted by molar-refractivity contribution is 7.99. The minimum absolute atomic E-state index is 0.394. The molecule has 3 heterocycles. The number of benzene rings is 1. The van der Waals surface area contributed by atoms with Crippen molar-refractivity contribution >= 4 is 33.3 Å². The van der Waals surface area contributed by atoms with E-state index >= 15 is 0 Å². The molecule has 0 bridgehead atoms. The van der Waals surface area contributed by atoms with Crippen LogP contribution < -0.4 is 0 Å². The average molecular weight is 436 g/mol. The fourth-order valence-corrected chi connectivity index (χ4v) is 5.88. The molecule has 0 amide bonds. The van der Waals surface area contributed by atoms with Crippen molar-refractivity contribution in [2.45, 2.75) is 54.4 Å². The maximum Gasteiger partial charge on any atom is 0.197 e. The second-order valence-corrected chi connectivity index (χ2v) is 9.71. The molecule has 0 atom stereocenters. The number of nitrogens with zero attached hydrogens (tertiary/aromatic N) is 5. The fourth-order valence-electron chi connectivity index (χ4n) is 3.79. The van der Waals surface area contributed by atoms with Crippen molar-refractivity contribution in [3.05, 3.63) is 47.4 Å². The van der Waals surface area contributed by atoms with Gasteiger partial charge in [0.1, 0.15) is 22.3 Å². The molecule has 3 aromatic heterocycles. The zero-order valence-electron chi connectivity index (χ0n) is 16.6. The van der Waals surface area contributed by atoms with Crippen molar-refractivity contribution < 1.29 is 4.74 Å². The van der Waals surface area contributed by atoms with Crippen LogP contribution in [0.25, 0.3) is 21.3 Å². The van der Waals surface area contributed by atoms with Crippen LogP contribution in [0.4, 0.5) is 0 Å². The molecule has 152 valence electrons. The number of methoxy groups -OCH3 is 1. The molecule has 0 unspecified atom stereocenters. The summed E-state index contributed by atoms with van der Waals surface area (Å²) in [6, 6.07) is 11.0. The fraction of sp³-hybridized carbons (Fsp3) is 0.364. The summed E-state index contributed by atoms with van der Waals surface area (Å²) in [6.45, 7) is 0.394. The van der Waals surface area contributed by atoms with Gasteiger partial charge in [-0.1, -0.05) is 30.3 Å². The Labute approximate surface area is 182 Å². The Morgan fingerprint density at radius 1 is 1.10 bits per heavy atom. The van der Waals surface area contributed by atoms with E-state index < -0.39 is 0 Å². The minimum Gasteiger partial charge on any atom is -0.377 e. The topological polar surface area (TPSA) is 65.7 Å². The number of fused-ring (bicyclic) bond motifs is 1. The molecule has 2 aliphatic carbocycles. The van der Waals surface area contributed by atoms with Gasteiger partial charge in [0.05, 0.1) is 5.39 Å². The Morgan fingerprint density at radius 2 is 1.93 bits per heavy atom.